The first-order valence-electron chi connectivity index (χ1n) is 45.8. The average molecular weight is 2010 g/mol. The molecule has 7 aromatic heterocycles. The van der Waals surface area contributed by atoms with E-state index in [9.17, 15) is 13.2 Å². The van der Waals surface area contributed by atoms with Crippen LogP contribution in [0.3, 0.4) is 0 Å². The van der Waals surface area contributed by atoms with Gasteiger partial charge in [0.25, 0.3) is 0 Å². The van der Waals surface area contributed by atoms with Gasteiger partial charge < -0.3 is 51.3 Å². The van der Waals surface area contributed by atoms with Crippen molar-refractivity contribution in [2.24, 2.45) is 11.8 Å². The summed E-state index contributed by atoms with van der Waals surface area (Å²) in [5, 5.41) is 45.0. The van der Waals surface area contributed by atoms with Gasteiger partial charge in [0.2, 0.25) is 0 Å². The van der Waals surface area contributed by atoms with Crippen LogP contribution in [0.1, 0.15) is 101 Å². The van der Waals surface area contributed by atoms with Gasteiger partial charge in [-0.2, -0.15) is 0 Å². The van der Waals surface area contributed by atoms with E-state index >= 15 is 0 Å². The van der Waals surface area contributed by atoms with Crippen LogP contribution in [0.5, 0.6) is 5.75 Å². The summed E-state index contributed by atoms with van der Waals surface area (Å²) >= 11 is 13.4. The highest BCUT2D eigenvalue weighted by Gasteiger charge is 2.34. The lowest BCUT2D eigenvalue weighted by atomic mass is 9.89. The standard InChI is InChI=1S/C28H33F3N4OS.C23H21N3S.C17H19N3S.C16H17N3S.C13H11N3S.C11H11BrN2S/c1-34-15-14-23-24(11-7-12-25(23)34)33-27-32-22(19-37-27)18-35(16-20-8-3-2-4-9-20)17-21-10-5-6-13-26(21)36-28(29,30)31;1-2-7-17(8-3-1)15-26-14-13-22-21(16-26)25-23(27-22)24-20-12-6-10-18-9-4-5-11-19(18)20;1-12(20(2)3)16-11-21-17(19-16)18-15-10-6-8-13-7-4-5-9-14(13)15;1-19(2)10-13-11-20-16(17-13)18-15-9-5-7-12-6-3-4-8-14(12)15;1-9-8-17-13(15-9)16-12-6-2-5-11-10(12)4-3-7-14-11;1-7-6-15-11(13-7)14-10-5-3-4-9(12)8(10)2/h5-7,10-15,19-20,23,25H,2-4,8-9,16-18H2,1H3,(H,32,33);1-12H,13-16H2,(H,24,25);4-12H,1-3H3,(H,18,19);3-9,11H,10H2,1-2H3,(H,17,18);2-8H,1H3,(H,15,16);3-6H,1-2H3,(H,13,14). The van der Waals surface area contributed by atoms with Crippen LogP contribution in [-0.4, -0.2) is 120 Å². The third kappa shape index (κ3) is 27.5. The van der Waals surface area contributed by atoms with Crippen LogP contribution >= 0.6 is 84.0 Å². The van der Waals surface area contributed by atoms with Crippen molar-refractivity contribution in [2.45, 2.75) is 117 Å². The number of nitrogens with one attached hydrogen (secondary N) is 6. The minimum Gasteiger partial charge on any atom is -0.405 e. The third-order valence-corrected chi connectivity index (χ3v) is 29.9. The second-order valence-corrected chi connectivity index (χ2v) is 40.9. The van der Waals surface area contributed by atoms with Crippen LogP contribution < -0.4 is 36.6 Å². The van der Waals surface area contributed by atoms with E-state index in [4.69, 9.17) is 15.0 Å². The Labute approximate surface area is 832 Å². The third-order valence-electron chi connectivity index (χ3n) is 23.9. The molecule has 137 heavy (non-hydrogen) atoms. The van der Waals surface area contributed by atoms with Gasteiger partial charge in [-0.05, 0) is 181 Å². The number of thiazole rings is 6. The van der Waals surface area contributed by atoms with E-state index in [1.165, 1.54) is 79.3 Å². The minimum absolute atomic E-state index is 0.134. The molecule has 10 aromatic carbocycles. The smallest absolute Gasteiger partial charge is 0.405 e. The molecule has 4 aliphatic rings. The Morgan fingerprint density at radius 3 is 1.64 bits per heavy atom. The van der Waals surface area contributed by atoms with Crippen molar-refractivity contribution in [3.63, 3.8) is 0 Å². The summed E-state index contributed by atoms with van der Waals surface area (Å²) < 4.78 is 44.5. The first-order chi connectivity index (χ1) is 66.5. The number of benzene rings is 10. The van der Waals surface area contributed by atoms with Gasteiger partial charge in [-0.15, -0.1) is 81.2 Å². The number of rotatable bonds is 25. The van der Waals surface area contributed by atoms with Crippen molar-refractivity contribution in [3.8, 4) is 5.75 Å². The first-order valence-corrected chi connectivity index (χ1v) is 51.8. The Hall–Kier alpha value is -12.1. The summed E-state index contributed by atoms with van der Waals surface area (Å²) in [6.45, 7) is 13.9. The van der Waals surface area contributed by atoms with Gasteiger partial charge in [0, 0.05) is 169 Å². The largest absolute Gasteiger partial charge is 0.573 e. The van der Waals surface area contributed by atoms with E-state index in [2.05, 4.69) is 357 Å². The van der Waals surface area contributed by atoms with Gasteiger partial charge >= 0.3 is 6.36 Å². The summed E-state index contributed by atoms with van der Waals surface area (Å²) in [6, 6.07) is 78.1. The van der Waals surface area contributed by atoms with E-state index in [-0.39, 0.29) is 11.7 Å². The van der Waals surface area contributed by atoms with Gasteiger partial charge in [-0.25, -0.2) is 29.9 Å². The molecule has 0 radical (unpaired) electrons. The quantitative estimate of drug-likeness (QED) is 0.0317. The number of hydrogen-bond acceptors (Lipinski definition) is 25. The molecule has 3 unspecified atom stereocenters. The number of aryl methyl sites for hydroxylation is 2. The predicted molar refractivity (Wildman–Crippen MR) is 574 cm³/mol. The summed E-state index contributed by atoms with van der Waals surface area (Å²) in [5.41, 5.74) is 17.1. The highest BCUT2D eigenvalue weighted by Crippen LogP contribution is 2.40. The van der Waals surface area contributed by atoms with Gasteiger partial charge in [0.15, 0.2) is 30.8 Å². The van der Waals surface area contributed by atoms with Gasteiger partial charge in [-0.1, -0.05) is 223 Å². The zero-order valence-corrected chi connectivity index (χ0v) is 84.5. The van der Waals surface area contributed by atoms with Gasteiger partial charge in [0.1, 0.15) is 5.75 Å². The highest BCUT2D eigenvalue weighted by molar-refractivity contribution is 9.10. The molecular weight excluding hydrogens is 1890 g/mol. The van der Waals surface area contributed by atoms with Crippen LogP contribution in [0.25, 0.3) is 43.2 Å². The second-order valence-electron chi connectivity index (χ2n) is 34.6. The number of aromatic nitrogens is 7. The molecule has 0 saturated heterocycles. The average Bonchev–Trinajstić information content (AvgIpc) is 1.77. The molecule has 1 fully saturated rings. The molecule has 0 bridgehead atoms. The molecule has 0 amide bonds. The number of alkyl halides is 3. The molecule has 1 saturated carbocycles. The lowest BCUT2D eigenvalue weighted by molar-refractivity contribution is -0.275. The number of pyridine rings is 1. The maximum atomic E-state index is 13.0. The Balaban J connectivity index is 0.000000122. The Morgan fingerprint density at radius 1 is 0.511 bits per heavy atom. The molecule has 0 spiro atoms. The molecule has 17 aromatic rings. The maximum absolute atomic E-state index is 13.0. The molecule has 2 aliphatic heterocycles. The molecular formula is C108H112BrF3N18OS6. The number of allylic oxidation sites excluding steroid dienone is 2. The summed E-state index contributed by atoms with van der Waals surface area (Å²) in [5.74, 6) is 0.684. The Kier molecular flexibility index (Phi) is 33.8. The zero-order valence-electron chi connectivity index (χ0n) is 78.0. The highest BCUT2D eigenvalue weighted by atomic mass is 79.9. The second kappa shape index (κ2) is 47.3. The van der Waals surface area contributed by atoms with E-state index in [0.29, 0.717) is 36.7 Å². The van der Waals surface area contributed by atoms with Gasteiger partial charge in [-0.3, -0.25) is 14.8 Å². The number of hydrogen-bond donors (Lipinski definition) is 6. The van der Waals surface area contributed by atoms with Crippen molar-refractivity contribution in [1.82, 2.24) is 59.4 Å². The van der Waals surface area contributed by atoms with E-state index in [1.807, 2.05) is 66.4 Å². The lowest BCUT2D eigenvalue weighted by Crippen LogP contribution is -2.31. The van der Waals surface area contributed by atoms with E-state index in [1.54, 1.807) is 92.4 Å². The van der Waals surface area contributed by atoms with Crippen LogP contribution in [0, 0.1) is 32.6 Å². The number of para-hydroxylation sites is 1. The van der Waals surface area contributed by atoms with Crippen molar-refractivity contribution < 1.29 is 17.9 Å². The topological polar surface area (TPSA) is 188 Å². The van der Waals surface area contributed by atoms with Crippen molar-refractivity contribution in [1.29, 1.82) is 0 Å². The van der Waals surface area contributed by atoms with E-state index in [0.717, 1.165) is 161 Å². The Morgan fingerprint density at radius 2 is 1.03 bits per heavy atom. The fraction of sp³-hybridized carbons (Fsp3) is 0.250. The van der Waals surface area contributed by atoms with Crippen LogP contribution in [0.15, 0.2) is 304 Å². The molecule has 2 aliphatic carbocycles. The molecule has 9 heterocycles. The van der Waals surface area contributed by atoms with Crippen LogP contribution in [0.2, 0.25) is 0 Å². The van der Waals surface area contributed by atoms with Crippen molar-refractivity contribution >= 4 is 186 Å². The molecule has 6 N–H and O–H groups in total. The van der Waals surface area contributed by atoms with Crippen LogP contribution in [-0.2, 0) is 39.1 Å². The van der Waals surface area contributed by atoms with E-state index < -0.39 is 6.36 Å². The van der Waals surface area contributed by atoms with Crippen LogP contribution in [0.4, 0.5) is 72.4 Å². The number of likely N-dealkylation sites (N-methyl/N-ethyl adjacent to an activating group) is 1. The monoisotopic (exact) mass is 2000 g/mol. The predicted octanol–water partition coefficient (Wildman–Crippen LogP) is 29.3. The van der Waals surface area contributed by atoms with Crippen molar-refractivity contribution in [3.05, 3.63) is 360 Å². The number of nitrogens with zero attached hydrogens (tertiary/aromatic N) is 12. The summed E-state index contributed by atoms with van der Waals surface area (Å²) in [4.78, 5) is 44.8. The SMILES string of the molecule is CC(c1csc(Nc2cccc3ccccc23)n1)N(C)C.CN(C)Cc1csc(Nc2cccc3ccccc23)n1.CN1C=CC2C(Nc3nc(CN(Cc4ccccc4OC(F)(F)F)CC4CCCCC4)cs3)=CC=CC21.Cc1csc(Nc2cccc(Br)c2C)n1.Cc1csc(Nc2cccc3ncccc23)n1.c1ccc(CN2CCc3sc(Nc4cccc5ccccc45)nc3C2)cc1. The zero-order chi connectivity index (χ0) is 95.2. The fourth-order valence-corrected chi connectivity index (χ4v) is 21.7. The maximum Gasteiger partial charge on any atom is 0.573 e. The molecule has 21 rings (SSSR count). The summed E-state index contributed by atoms with van der Waals surface area (Å²) in [6.07, 6.45) is 14.9. The normalized spacial score (nSPS) is 14.7. The number of fused-ring (bicyclic) bond motifs is 6. The van der Waals surface area contributed by atoms with Gasteiger partial charge in [0.05, 0.1) is 45.7 Å². The molecule has 29 heteroatoms. The Bertz CT molecular complexity index is 6900. The molecule has 19 nitrogen and oxygen atoms in total. The molecule has 704 valence electrons. The number of halogens is 4. The number of ether oxygens (including phenoxy) is 1. The first kappa shape index (κ1) is 98.0. The lowest BCUT2D eigenvalue weighted by Gasteiger charge is -2.30. The minimum atomic E-state index is -4.72. The fourth-order valence-electron chi connectivity index (χ4n) is 16.8. The van der Waals surface area contributed by atoms with Crippen molar-refractivity contribution in [2.75, 3.05) is 80.2 Å². The molecule has 3 atom stereocenters. The summed E-state index contributed by atoms with van der Waals surface area (Å²) in [7, 11) is 10.3. The number of anilines is 11.